The van der Waals surface area contributed by atoms with Crippen molar-refractivity contribution in [2.75, 3.05) is 6.61 Å². The van der Waals surface area contributed by atoms with E-state index in [0.29, 0.717) is 18.2 Å². The summed E-state index contributed by atoms with van der Waals surface area (Å²) >= 11 is 0. The zero-order valence-electron chi connectivity index (χ0n) is 13.5. The summed E-state index contributed by atoms with van der Waals surface area (Å²) < 4.78 is 7.57. The van der Waals surface area contributed by atoms with Crippen LogP contribution in [0.4, 0.5) is 0 Å². The largest absolute Gasteiger partial charge is 0.360 e. The van der Waals surface area contributed by atoms with E-state index in [4.69, 9.17) is 4.74 Å². The predicted octanol–water partition coefficient (Wildman–Crippen LogP) is 3.43. The van der Waals surface area contributed by atoms with E-state index in [0.717, 1.165) is 48.4 Å². The van der Waals surface area contributed by atoms with Crippen molar-refractivity contribution in [2.45, 2.75) is 51.2 Å². The minimum Gasteiger partial charge on any atom is -0.360 e. The quantitative estimate of drug-likeness (QED) is 0.446. The van der Waals surface area contributed by atoms with Crippen molar-refractivity contribution in [3.05, 3.63) is 23.7 Å². The molecule has 5 nitrogen and oxygen atoms in total. The molecular weight excluding hydrogens is 294 g/mol. The average Bonchev–Trinajstić information content (AvgIpc) is 3.22. The van der Waals surface area contributed by atoms with Crippen LogP contribution in [0.5, 0.6) is 0 Å². The van der Waals surface area contributed by atoms with Gasteiger partial charge >= 0.3 is 0 Å². The fraction of sp³-hybridized carbons (Fsp3) is 0.562. The van der Waals surface area contributed by atoms with E-state index in [2.05, 4.69) is 29.7 Å². The zero-order chi connectivity index (χ0) is 15.7. The average molecular weight is 317 g/mol. The Labute approximate surface area is 131 Å². The third-order valence-corrected chi connectivity index (χ3v) is 5.74. The number of hydrogen-bond acceptors (Lipinski definition) is 4. The molecule has 0 aromatic carbocycles. The van der Waals surface area contributed by atoms with Crippen LogP contribution in [-0.4, -0.2) is 35.7 Å². The summed E-state index contributed by atoms with van der Waals surface area (Å²) in [6.45, 7) is 8.13. The molecular formula is C16H23N3O2Si. The van der Waals surface area contributed by atoms with Crippen molar-refractivity contribution in [2.24, 2.45) is 0 Å². The van der Waals surface area contributed by atoms with Crippen molar-refractivity contribution in [1.82, 2.24) is 14.8 Å². The molecule has 2 aromatic heterocycles. The fourth-order valence-electron chi connectivity index (χ4n) is 2.54. The summed E-state index contributed by atoms with van der Waals surface area (Å²) in [5.74, 6) is 0.445. The van der Waals surface area contributed by atoms with Crippen LogP contribution in [0.15, 0.2) is 12.4 Å². The molecule has 0 bridgehead atoms. The van der Waals surface area contributed by atoms with Crippen LogP contribution in [0, 0.1) is 0 Å². The Morgan fingerprint density at radius 1 is 1.36 bits per heavy atom. The van der Waals surface area contributed by atoms with E-state index in [1.807, 2.05) is 6.20 Å². The Morgan fingerprint density at radius 2 is 2.14 bits per heavy atom. The molecule has 1 aliphatic carbocycles. The van der Waals surface area contributed by atoms with Crippen molar-refractivity contribution < 1.29 is 9.53 Å². The number of carbonyl (C=O) groups is 1. The zero-order valence-corrected chi connectivity index (χ0v) is 14.5. The molecule has 0 saturated heterocycles. The normalized spacial score (nSPS) is 15.4. The minimum atomic E-state index is -1.09. The van der Waals surface area contributed by atoms with Gasteiger partial charge in [-0.05, 0) is 18.9 Å². The lowest BCUT2D eigenvalue weighted by Crippen LogP contribution is -2.22. The number of rotatable bonds is 7. The smallest absolute Gasteiger partial charge is 0.154 e. The molecule has 1 aliphatic rings. The first-order valence-electron chi connectivity index (χ1n) is 7.87. The molecule has 1 fully saturated rings. The standard InChI is InChI=1S/C16H23N3O2Si/c1-22(2,3)7-6-21-11-19-16-13(9-18-19)8-17-15(12-4-5-12)14(16)10-20/h8-10,12H,4-7,11H2,1-3H3. The number of pyridine rings is 1. The molecule has 0 atom stereocenters. The first kappa shape index (κ1) is 15.4. The molecule has 0 aliphatic heterocycles. The molecule has 0 amide bonds. The van der Waals surface area contributed by atoms with Crippen LogP contribution in [0.25, 0.3) is 10.9 Å². The van der Waals surface area contributed by atoms with Gasteiger partial charge < -0.3 is 4.74 Å². The summed E-state index contributed by atoms with van der Waals surface area (Å²) in [5.41, 5.74) is 2.47. The molecule has 0 spiro atoms. The summed E-state index contributed by atoms with van der Waals surface area (Å²) in [6.07, 6.45) is 6.75. The Kier molecular flexibility index (Phi) is 4.14. The second kappa shape index (κ2) is 5.93. The maximum Gasteiger partial charge on any atom is 0.154 e. The minimum absolute atomic E-state index is 0.392. The third kappa shape index (κ3) is 3.28. The van der Waals surface area contributed by atoms with Gasteiger partial charge in [-0.15, -0.1) is 0 Å². The highest BCUT2D eigenvalue weighted by Crippen LogP contribution is 2.41. The van der Waals surface area contributed by atoms with Crippen molar-refractivity contribution in [3.8, 4) is 0 Å². The number of aromatic nitrogens is 3. The molecule has 2 heterocycles. The van der Waals surface area contributed by atoms with Crippen molar-refractivity contribution >= 4 is 25.3 Å². The highest BCUT2D eigenvalue weighted by molar-refractivity contribution is 6.76. The lowest BCUT2D eigenvalue weighted by Gasteiger charge is -2.15. The van der Waals surface area contributed by atoms with Gasteiger partial charge in [0.2, 0.25) is 0 Å². The SMILES string of the molecule is C[Si](C)(C)CCOCn1ncc2cnc(C3CC3)c(C=O)c21. The number of fused-ring (bicyclic) bond motifs is 1. The second-order valence-electron chi connectivity index (χ2n) is 7.25. The number of aldehydes is 1. The van der Waals surface area contributed by atoms with Crippen LogP contribution < -0.4 is 0 Å². The molecule has 3 rings (SSSR count). The van der Waals surface area contributed by atoms with Crippen molar-refractivity contribution in [3.63, 3.8) is 0 Å². The third-order valence-electron chi connectivity index (χ3n) is 4.03. The summed E-state index contributed by atoms with van der Waals surface area (Å²) in [4.78, 5) is 16.0. The molecule has 0 unspecified atom stereocenters. The Morgan fingerprint density at radius 3 is 2.77 bits per heavy atom. The van der Waals surface area contributed by atoms with Crippen molar-refractivity contribution in [1.29, 1.82) is 0 Å². The van der Waals surface area contributed by atoms with Gasteiger partial charge in [-0.1, -0.05) is 19.6 Å². The monoisotopic (exact) mass is 317 g/mol. The summed E-state index contributed by atoms with van der Waals surface area (Å²) in [7, 11) is -1.09. The molecule has 22 heavy (non-hydrogen) atoms. The predicted molar refractivity (Wildman–Crippen MR) is 89.0 cm³/mol. The maximum absolute atomic E-state index is 11.6. The summed E-state index contributed by atoms with van der Waals surface area (Å²) in [5, 5.41) is 5.27. The van der Waals surface area contributed by atoms with Gasteiger partial charge in [0.05, 0.1) is 23.0 Å². The van der Waals surface area contributed by atoms with E-state index in [1.165, 1.54) is 0 Å². The van der Waals surface area contributed by atoms with Crippen LogP contribution in [0.1, 0.15) is 34.8 Å². The molecule has 6 heteroatoms. The van der Waals surface area contributed by atoms with Gasteiger partial charge in [0.25, 0.3) is 0 Å². The topological polar surface area (TPSA) is 57.0 Å². The first-order chi connectivity index (χ1) is 10.5. The van der Waals surface area contributed by atoms with Crippen LogP contribution in [0.3, 0.4) is 0 Å². The van der Waals surface area contributed by atoms with Gasteiger partial charge in [-0.3, -0.25) is 9.78 Å². The maximum atomic E-state index is 11.6. The van der Waals surface area contributed by atoms with Gasteiger partial charge in [0.1, 0.15) is 6.73 Å². The molecule has 2 aromatic rings. The number of hydrogen-bond donors (Lipinski definition) is 0. The number of ether oxygens (including phenoxy) is 1. The lowest BCUT2D eigenvalue weighted by atomic mass is 10.1. The Hall–Kier alpha value is -1.53. The van der Waals surface area contributed by atoms with Gasteiger partial charge in [0.15, 0.2) is 6.29 Å². The molecule has 0 radical (unpaired) electrons. The summed E-state index contributed by atoms with van der Waals surface area (Å²) in [6, 6.07) is 1.13. The number of nitrogens with zero attached hydrogens (tertiary/aromatic N) is 3. The Bertz CT molecular complexity index is 686. The van der Waals surface area contributed by atoms with Gasteiger partial charge in [-0.25, -0.2) is 4.68 Å². The second-order valence-corrected chi connectivity index (χ2v) is 12.9. The van der Waals surface area contributed by atoms with E-state index in [9.17, 15) is 4.79 Å². The van der Waals surface area contributed by atoms with Gasteiger partial charge in [-0.2, -0.15) is 5.10 Å². The van der Waals surface area contributed by atoms with Crippen LogP contribution >= 0.6 is 0 Å². The fourth-order valence-corrected chi connectivity index (χ4v) is 3.30. The van der Waals surface area contributed by atoms with E-state index in [1.54, 1.807) is 10.9 Å². The van der Waals surface area contributed by atoms with Crippen LogP contribution in [0.2, 0.25) is 25.7 Å². The molecule has 1 saturated carbocycles. The van der Waals surface area contributed by atoms with E-state index < -0.39 is 8.07 Å². The first-order valence-corrected chi connectivity index (χ1v) is 11.6. The van der Waals surface area contributed by atoms with E-state index >= 15 is 0 Å². The highest BCUT2D eigenvalue weighted by atomic mass is 28.3. The van der Waals surface area contributed by atoms with E-state index in [-0.39, 0.29) is 0 Å². The molecule has 0 N–H and O–H groups in total. The van der Waals surface area contributed by atoms with Gasteiger partial charge in [0, 0.05) is 32.2 Å². The Balaban J connectivity index is 1.81. The van der Waals surface area contributed by atoms with Crippen LogP contribution in [-0.2, 0) is 11.5 Å². The number of carbonyl (C=O) groups excluding carboxylic acids is 1. The molecule has 118 valence electrons. The highest BCUT2D eigenvalue weighted by Gasteiger charge is 2.29. The lowest BCUT2D eigenvalue weighted by molar-refractivity contribution is 0.0815.